The van der Waals surface area contributed by atoms with Crippen molar-refractivity contribution in [3.05, 3.63) is 34.5 Å². The second kappa shape index (κ2) is 5.13. The van der Waals surface area contributed by atoms with E-state index in [0.29, 0.717) is 28.2 Å². The molecule has 1 atom stereocenters. The van der Waals surface area contributed by atoms with Gasteiger partial charge < -0.3 is 10.1 Å². The highest BCUT2D eigenvalue weighted by Crippen LogP contribution is 2.40. The Hall–Kier alpha value is -1.35. The highest BCUT2D eigenvalue weighted by atomic mass is 35.5. The van der Waals surface area contributed by atoms with E-state index >= 15 is 0 Å². The Balaban J connectivity index is 1.89. The lowest BCUT2D eigenvalue weighted by Crippen LogP contribution is -2.11. The van der Waals surface area contributed by atoms with Crippen LogP contribution in [0.5, 0.6) is 5.75 Å². The van der Waals surface area contributed by atoms with E-state index in [4.69, 9.17) is 21.5 Å². The maximum atomic E-state index is 11.4. The third-order valence-corrected chi connectivity index (χ3v) is 6.02. The number of aromatic nitrogens is 1. The van der Waals surface area contributed by atoms with Gasteiger partial charge in [-0.05, 0) is 13.0 Å². The first kappa shape index (κ1) is 14.6. The van der Waals surface area contributed by atoms with E-state index in [9.17, 15) is 8.42 Å². The molecule has 1 aromatic carbocycles. The van der Waals surface area contributed by atoms with Crippen molar-refractivity contribution in [2.24, 2.45) is 5.14 Å². The summed E-state index contributed by atoms with van der Waals surface area (Å²) in [5, 5.41) is 9.35. The van der Waals surface area contributed by atoms with E-state index in [1.54, 1.807) is 13.0 Å². The van der Waals surface area contributed by atoms with Crippen LogP contribution in [0.15, 0.2) is 22.4 Å². The number of fused-ring (bicyclic) bond motifs is 1. The SMILES string of the molecule is Cc1nc(NC2COc3c(Cl)cccc32)sc1S(N)(=O)=O. The fourth-order valence-corrected chi connectivity index (χ4v) is 4.33. The van der Waals surface area contributed by atoms with Crippen molar-refractivity contribution in [3.63, 3.8) is 0 Å². The number of rotatable bonds is 3. The first-order valence-corrected chi connectivity index (χ1v) is 8.78. The molecule has 0 spiro atoms. The maximum Gasteiger partial charge on any atom is 0.249 e. The summed E-state index contributed by atoms with van der Waals surface area (Å²) in [6, 6.07) is 5.38. The number of anilines is 1. The van der Waals surface area contributed by atoms with Gasteiger partial charge in [0.1, 0.15) is 12.4 Å². The summed E-state index contributed by atoms with van der Waals surface area (Å²) in [5.41, 5.74) is 1.31. The fraction of sp³-hybridized carbons (Fsp3) is 0.250. The van der Waals surface area contributed by atoms with Crippen LogP contribution < -0.4 is 15.2 Å². The number of nitrogens with two attached hydrogens (primary N) is 1. The van der Waals surface area contributed by atoms with Crippen LogP contribution in [0.25, 0.3) is 0 Å². The van der Waals surface area contributed by atoms with Gasteiger partial charge in [0.05, 0.1) is 16.8 Å². The fourth-order valence-electron chi connectivity index (χ4n) is 2.19. The highest BCUT2D eigenvalue weighted by Gasteiger charge is 2.27. The Morgan fingerprint density at radius 3 is 2.95 bits per heavy atom. The van der Waals surface area contributed by atoms with E-state index in [1.165, 1.54) is 0 Å². The van der Waals surface area contributed by atoms with Gasteiger partial charge in [-0.3, -0.25) is 0 Å². The number of hydrogen-bond acceptors (Lipinski definition) is 6. The van der Waals surface area contributed by atoms with Gasteiger partial charge in [-0.15, -0.1) is 0 Å². The number of ether oxygens (including phenoxy) is 1. The van der Waals surface area contributed by atoms with Crippen molar-refractivity contribution in [1.82, 2.24) is 4.98 Å². The molecule has 2 heterocycles. The monoisotopic (exact) mass is 345 g/mol. The van der Waals surface area contributed by atoms with Gasteiger partial charge in [-0.1, -0.05) is 35.1 Å². The Kier molecular flexibility index (Phi) is 3.56. The minimum absolute atomic E-state index is 0.0650. The van der Waals surface area contributed by atoms with Crippen LogP contribution in [0.1, 0.15) is 17.3 Å². The predicted octanol–water partition coefficient (Wildman–Crippen LogP) is 2.30. The number of aryl methyl sites for hydroxylation is 1. The predicted molar refractivity (Wildman–Crippen MR) is 81.5 cm³/mol. The standard InChI is InChI=1S/C12H12ClN3O3S2/c1-6-11(21(14,17)18)20-12(15-6)16-9-5-19-10-7(9)3-2-4-8(10)13/h2-4,9H,5H2,1H3,(H,15,16)(H2,14,17,18). The zero-order valence-corrected chi connectivity index (χ0v) is 13.3. The van der Waals surface area contributed by atoms with Gasteiger partial charge in [-0.2, -0.15) is 0 Å². The van der Waals surface area contributed by atoms with Crippen LogP contribution in [0, 0.1) is 6.92 Å². The van der Waals surface area contributed by atoms with Gasteiger partial charge in [0.2, 0.25) is 10.0 Å². The van der Waals surface area contributed by atoms with Crippen LogP contribution in [0.2, 0.25) is 5.02 Å². The molecule has 0 radical (unpaired) electrons. The number of halogens is 1. The average Bonchev–Trinajstić information content (AvgIpc) is 2.95. The Morgan fingerprint density at radius 2 is 2.29 bits per heavy atom. The summed E-state index contributed by atoms with van der Waals surface area (Å²) >= 11 is 7.07. The van der Waals surface area contributed by atoms with Gasteiger partial charge in [0.15, 0.2) is 9.34 Å². The van der Waals surface area contributed by atoms with Crippen LogP contribution in [0.4, 0.5) is 5.13 Å². The van der Waals surface area contributed by atoms with Crippen molar-refractivity contribution in [2.75, 3.05) is 11.9 Å². The third-order valence-electron chi connectivity index (χ3n) is 3.08. The van der Waals surface area contributed by atoms with Crippen molar-refractivity contribution in [3.8, 4) is 5.75 Å². The summed E-state index contributed by atoms with van der Waals surface area (Å²) in [6.45, 7) is 2.01. The normalized spacial score (nSPS) is 17.4. The second-order valence-corrected chi connectivity index (χ2v) is 7.77. The average molecular weight is 346 g/mol. The second-order valence-electron chi connectivity index (χ2n) is 4.60. The molecule has 0 bridgehead atoms. The molecule has 1 unspecified atom stereocenters. The quantitative estimate of drug-likeness (QED) is 0.890. The molecule has 0 fully saturated rings. The molecule has 2 aromatic rings. The lowest BCUT2D eigenvalue weighted by molar-refractivity contribution is 0.340. The first-order chi connectivity index (χ1) is 9.86. The smallest absolute Gasteiger partial charge is 0.249 e. The van der Waals surface area contributed by atoms with E-state index in [-0.39, 0.29) is 10.3 Å². The topological polar surface area (TPSA) is 94.3 Å². The lowest BCUT2D eigenvalue weighted by atomic mass is 10.1. The highest BCUT2D eigenvalue weighted by molar-refractivity contribution is 7.91. The molecule has 112 valence electrons. The van der Waals surface area contributed by atoms with E-state index in [0.717, 1.165) is 16.9 Å². The molecule has 21 heavy (non-hydrogen) atoms. The lowest BCUT2D eigenvalue weighted by Gasteiger charge is -2.09. The summed E-state index contributed by atoms with van der Waals surface area (Å²) in [7, 11) is -3.75. The van der Waals surface area contributed by atoms with Crippen LogP contribution in [-0.2, 0) is 10.0 Å². The van der Waals surface area contributed by atoms with Crippen LogP contribution in [-0.4, -0.2) is 20.0 Å². The van der Waals surface area contributed by atoms with Crippen LogP contribution >= 0.6 is 22.9 Å². The molecule has 1 aliphatic rings. The summed E-state index contributed by atoms with van der Waals surface area (Å²) in [5.74, 6) is 0.650. The molecule has 9 heteroatoms. The number of para-hydroxylation sites is 1. The first-order valence-electron chi connectivity index (χ1n) is 6.04. The van der Waals surface area contributed by atoms with E-state index < -0.39 is 10.0 Å². The minimum atomic E-state index is -3.75. The number of nitrogens with one attached hydrogen (secondary N) is 1. The van der Waals surface area contributed by atoms with Gasteiger partial charge in [0, 0.05) is 5.56 Å². The molecule has 1 aromatic heterocycles. The summed E-state index contributed by atoms with van der Waals surface area (Å²) < 4.78 is 28.5. The maximum absolute atomic E-state index is 11.4. The van der Waals surface area contributed by atoms with E-state index in [2.05, 4.69) is 10.3 Å². The molecule has 0 saturated heterocycles. The Morgan fingerprint density at radius 1 is 1.52 bits per heavy atom. The largest absolute Gasteiger partial charge is 0.489 e. The molecule has 0 aliphatic carbocycles. The zero-order chi connectivity index (χ0) is 15.2. The van der Waals surface area contributed by atoms with Crippen molar-refractivity contribution < 1.29 is 13.2 Å². The molecular formula is C12H12ClN3O3S2. The molecule has 6 nitrogen and oxygen atoms in total. The molecule has 0 saturated carbocycles. The third kappa shape index (κ3) is 2.71. The minimum Gasteiger partial charge on any atom is -0.489 e. The number of primary sulfonamides is 1. The summed E-state index contributed by atoms with van der Waals surface area (Å²) in [4.78, 5) is 4.20. The Bertz CT molecular complexity index is 804. The van der Waals surface area contributed by atoms with Crippen molar-refractivity contribution in [1.29, 1.82) is 0 Å². The summed E-state index contributed by atoms with van der Waals surface area (Å²) in [6.07, 6.45) is 0. The number of benzene rings is 1. The van der Waals surface area contributed by atoms with Crippen molar-refractivity contribution in [2.45, 2.75) is 17.2 Å². The molecule has 3 rings (SSSR count). The number of thiazole rings is 1. The molecule has 3 N–H and O–H groups in total. The number of hydrogen-bond donors (Lipinski definition) is 2. The Labute approximate surface area is 131 Å². The number of sulfonamides is 1. The van der Waals surface area contributed by atoms with Gasteiger partial charge in [-0.25, -0.2) is 18.5 Å². The molecule has 0 amide bonds. The van der Waals surface area contributed by atoms with Crippen LogP contribution in [0.3, 0.4) is 0 Å². The van der Waals surface area contributed by atoms with Crippen molar-refractivity contribution >= 4 is 38.1 Å². The zero-order valence-electron chi connectivity index (χ0n) is 11.0. The van der Waals surface area contributed by atoms with Gasteiger partial charge in [0.25, 0.3) is 0 Å². The molecule has 1 aliphatic heterocycles. The van der Waals surface area contributed by atoms with Gasteiger partial charge >= 0.3 is 0 Å². The number of nitrogens with zero attached hydrogens (tertiary/aromatic N) is 1. The molecular weight excluding hydrogens is 334 g/mol. The van der Waals surface area contributed by atoms with E-state index in [1.807, 2.05) is 12.1 Å².